The third kappa shape index (κ3) is 5.17. The van der Waals surface area contributed by atoms with Crippen molar-refractivity contribution in [3.05, 3.63) is 60.2 Å². The molecule has 130 valence electrons. The lowest BCUT2D eigenvalue weighted by molar-refractivity contribution is -0.149. The molecule has 0 saturated carbocycles. The maximum Gasteiger partial charge on any atom is 0.326 e. The van der Waals surface area contributed by atoms with E-state index >= 15 is 0 Å². The molecule has 1 amide bonds. The van der Waals surface area contributed by atoms with Crippen LogP contribution in [0.1, 0.15) is 23.7 Å². The quantitative estimate of drug-likeness (QED) is 0.755. The molecular formula is C19H19NO5. The number of carboxylic acids is 1. The Hall–Kier alpha value is -3.15. The predicted octanol–water partition coefficient (Wildman–Crippen LogP) is 2.49. The van der Waals surface area contributed by atoms with E-state index in [9.17, 15) is 14.4 Å². The normalized spacial score (nSPS) is 11.4. The number of carboxylic acid groups (broad SMARTS) is 1. The summed E-state index contributed by atoms with van der Waals surface area (Å²) in [7, 11) is 0. The van der Waals surface area contributed by atoms with Crippen LogP contribution >= 0.6 is 0 Å². The molecule has 0 aliphatic heterocycles. The number of ether oxygens (including phenoxy) is 1. The van der Waals surface area contributed by atoms with E-state index < -0.39 is 30.3 Å². The molecule has 2 aromatic rings. The molecule has 0 bridgehead atoms. The zero-order valence-electron chi connectivity index (χ0n) is 13.8. The van der Waals surface area contributed by atoms with Gasteiger partial charge in [-0.3, -0.25) is 9.59 Å². The number of carbonyl (C=O) groups excluding carboxylic acids is 2. The largest absolute Gasteiger partial charge is 0.480 e. The second-order valence-electron chi connectivity index (χ2n) is 5.32. The highest BCUT2D eigenvalue weighted by Gasteiger charge is 2.24. The van der Waals surface area contributed by atoms with Crippen LogP contribution in [-0.4, -0.2) is 35.6 Å². The number of carbonyl (C=O) groups is 3. The van der Waals surface area contributed by atoms with Crippen molar-refractivity contribution in [3.8, 4) is 11.1 Å². The lowest BCUT2D eigenvalue weighted by Crippen LogP contribution is -2.42. The van der Waals surface area contributed by atoms with Gasteiger partial charge in [0.05, 0.1) is 13.0 Å². The monoisotopic (exact) mass is 341 g/mol. The number of aliphatic carboxylic acids is 1. The zero-order valence-corrected chi connectivity index (χ0v) is 13.8. The minimum Gasteiger partial charge on any atom is -0.480 e. The first-order valence-electron chi connectivity index (χ1n) is 7.86. The number of rotatable bonds is 7. The van der Waals surface area contributed by atoms with Gasteiger partial charge in [-0.1, -0.05) is 42.5 Å². The number of amides is 1. The lowest BCUT2D eigenvalue weighted by atomic mass is 10.0. The minimum atomic E-state index is -1.33. The second kappa shape index (κ2) is 8.63. The van der Waals surface area contributed by atoms with Crippen molar-refractivity contribution >= 4 is 17.8 Å². The molecule has 6 heteroatoms. The topological polar surface area (TPSA) is 92.7 Å². The van der Waals surface area contributed by atoms with Gasteiger partial charge in [-0.05, 0) is 30.2 Å². The Kier molecular flexibility index (Phi) is 6.28. The Morgan fingerprint density at radius 3 is 2.16 bits per heavy atom. The van der Waals surface area contributed by atoms with E-state index in [-0.39, 0.29) is 6.61 Å². The van der Waals surface area contributed by atoms with Crippen molar-refractivity contribution in [1.29, 1.82) is 0 Å². The highest BCUT2D eigenvalue weighted by Crippen LogP contribution is 2.19. The van der Waals surface area contributed by atoms with Gasteiger partial charge in [-0.2, -0.15) is 0 Å². The smallest absolute Gasteiger partial charge is 0.326 e. The van der Waals surface area contributed by atoms with E-state index in [1.807, 2.05) is 30.3 Å². The first-order chi connectivity index (χ1) is 12.0. The van der Waals surface area contributed by atoms with Crippen molar-refractivity contribution in [1.82, 2.24) is 5.32 Å². The van der Waals surface area contributed by atoms with Crippen LogP contribution < -0.4 is 5.32 Å². The fourth-order valence-corrected chi connectivity index (χ4v) is 2.27. The fraction of sp³-hybridized carbons (Fsp3) is 0.211. The van der Waals surface area contributed by atoms with Crippen LogP contribution in [0.3, 0.4) is 0 Å². The second-order valence-corrected chi connectivity index (χ2v) is 5.32. The Bertz CT molecular complexity index is 740. The van der Waals surface area contributed by atoms with Gasteiger partial charge in [-0.25, -0.2) is 4.79 Å². The van der Waals surface area contributed by atoms with E-state index in [1.54, 1.807) is 31.2 Å². The summed E-state index contributed by atoms with van der Waals surface area (Å²) in [4.78, 5) is 34.9. The summed E-state index contributed by atoms with van der Waals surface area (Å²) in [6, 6.07) is 15.1. The van der Waals surface area contributed by atoms with E-state index in [0.29, 0.717) is 5.56 Å². The predicted molar refractivity (Wildman–Crippen MR) is 92.0 cm³/mol. The van der Waals surface area contributed by atoms with Crippen LogP contribution in [0.2, 0.25) is 0 Å². The zero-order chi connectivity index (χ0) is 18.2. The van der Waals surface area contributed by atoms with Crippen molar-refractivity contribution in [2.75, 3.05) is 6.61 Å². The molecule has 0 aromatic heterocycles. The summed E-state index contributed by atoms with van der Waals surface area (Å²) in [6.45, 7) is 1.78. The molecule has 0 heterocycles. The van der Waals surface area contributed by atoms with Gasteiger partial charge in [0.2, 0.25) is 0 Å². The van der Waals surface area contributed by atoms with Crippen LogP contribution in [0, 0.1) is 0 Å². The lowest BCUT2D eigenvalue weighted by Gasteiger charge is -2.14. The van der Waals surface area contributed by atoms with Crippen LogP contribution in [0.5, 0.6) is 0 Å². The SMILES string of the molecule is CCOC(=O)C[C@@H](NC(=O)c1ccc(-c2ccccc2)cc1)C(=O)O. The summed E-state index contributed by atoms with van der Waals surface area (Å²) in [5.41, 5.74) is 2.27. The Balaban J connectivity index is 2.06. The minimum absolute atomic E-state index is 0.153. The summed E-state index contributed by atoms with van der Waals surface area (Å²) < 4.78 is 4.72. The van der Waals surface area contributed by atoms with Gasteiger partial charge in [-0.15, -0.1) is 0 Å². The van der Waals surface area contributed by atoms with Gasteiger partial charge in [0.1, 0.15) is 6.04 Å². The molecule has 0 aliphatic rings. The van der Waals surface area contributed by atoms with Crippen molar-refractivity contribution in [3.63, 3.8) is 0 Å². The first-order valence-corrected chi connectivity index (χ1v) is 7.86. The van der Waals surface area contributed by atoms with Gasteiger partial charge in [0.25, 0.3) is 5.91 Å². The van der Waals surface area contributed by atoms with Crippen LogP contribution in [0.25, 0.3) is 11.1 Å². The molecule has 2 rings (SSSR count). The summed E-state index contributed by atoms with van der Waals surface area (Å²) in [5.74, 6) is -2.52. The fourth-order valence-electron chi connectivity index (χ4n) is 2.27. The van der Waals surface area contributed by atoms with Gasteiger partial charge in [0, 0.05) is 5.56 Å². The molecule has 25 heavy (non-hydrogen) atoms. The summed E-state index contributed by atoms with van der Waals surface area (Å²) in [6.07, 6.45) is -0.420. The first kappa shape index (κ1) is 18.2. The average molecular weight is 341 g/mol. The molecule has 6 nitrogen and oxygen atoms in total. The molecule has 2 N–H and O–H groups in total. The maximum atomic E-state index is 12.2. The Morgan fingerprint density at radius 1 is 1.00 bits per heavy atom. The van der Waals surface area contributed by atoms with E-state index in [4.69, 9.17) is 9.84 Å². The molecule has 0 aliphatic carbocycles. The van der Waals surface area contributed by atoms with Crippen molar-refractivity contribution in [2.45, 2.75) is 19.4 Å². The standard InChI is InChI=1S/C19H19NO5/c1-2-25-17(21)12-16(19(23)24)20-18(22)15-10-8-14(9-11-15)13-6-4-3-5-7-13/h3-11,16H,2,12H2,1H3,(H,20,22)(H,23,24)/t16-/m1/s1. The molecule has 0 radical (unpaired) electrons. The van der Waals surface area contributed by atoms with Gasteiger partial charge in [0.15, 0.2) is 0 Å². The van der Waals surface area contributed by atoms with Gasteiger partial charge < -0.3 is 15.2 Å². The number of esters is 1. The molecule has 0 fully saturated rings. The molecule has 2 aromatic carbocycles. The summed E-state index contributed by atoms with van der Waals surface area (Å²) >= 11 is 0. The molecular weight excluding hydrogens is 322 g/mol. The van der Waals surface area contributed by atoms with Crippen LogP contribution in [-0.2, 0) is 14.3 Å². The number of hydrogen-bond acceptors (Lipinski definition) is 4. The van der Waals surface area contributed by atoms with E-state index in [1.165, 1.54) is 0 Å². The van der Waals surface area contributed by atoms with Crippen molar-refractivity contribution < 1.29 is 24.2 Å². The van der Waals surface area contributed by atoms with E-state index in [0.717, 1.165) is 11.1 Å². The number of nitrogens with one attached hydrogen (secondary N) is 1. The Morgan fingerprint density at radius 2 is 1.60 bits per heavy atom. The summed E-state index contributed by atoms with van der Waals surface area (Å²) in [5, 5.41) is 11.5. The number of hydrogen-bond donors (Lipinski definition) is 2. The van der Waals surface area contributed by atoms with Crippen molar-refractivity contribution in [2.24, 2.45) is 0 Å². The van der Waals surface area contributed by atoms with Crippen LogP contribution in [0.15, 0.2) is 54.6 Å². The Labute approximate surface area is 145 Å². The third-order valence-electron chi connectivity index (χ3n) is 3.53. The third-order valence-corrected chi connectivity index (χ3v) is 3.53. The number of benzene rings is 2. The average Bonchev–Trinajstić information content (AvgIpc) is 2.62. The maximum absolute atomic E-state index is 12.2. The van der Waals surface area contributed by atoms with Gasteiger partial charge >= 0.3 is 11.9 Å². The molecule has 0 saturated heterocycles. The molecule has 1 atom stereocenters. The molecule has 0 unspecified atom stereocenters. The highest BCUT2D eigenvalue weighted by molar-refractivity contribution is 5.97. The van der Waals surface area contributed by atoms with E-state index in [2.05, 4.69) is 5.32 Å². The van der Waals surface area contributed by atoms with Crippen LogP contribution in [0.4, 0.5) is 0 Å². The highest BCUT2D eigenvalue weighted by atomic mass is 16.5. The molecule has 0 spiro atoms.